The molecule has 0 aliphatic carbocycles. The highest BCUT2D eigenvalue weighted by molar-refractivity contribution is 5.78. The highest BCUT2D eigenvalue weighted by Crippen LogP contribution is 2.20. The molecule has 21 heavy (non-hydrogen) atoms. The third kappa shape index (κ3) is 3.92. The number of carbonyl (C=O) groups is 1. The van der Waals surface area contributed by atoms with E-state index in [2.05, 4.69) is 36.4 Å². The SMILES string of the molecule is CN(C)C(=O)C(CN)Cc1ccc(-c2ccccc2)cc1. The molecule has 0 radical (unpaired) electrons. The van der Waals surface area contributed by atoms with Crippen LogP contribution in [0.4, 0.5) is 0 Å². The van der Waals surface area contributed by atoms with Crippen LogP contribution in [0, 0.1) is 5.92 Å². The summed E-state index contributed by atoms with van der Waals surface area (Å²) in [7, 11) is 3.53. The van der Waals surface area contributed by atoms with Crippen LogP contribution in [0.15, 0.2) is 54.6 Å². The molecule has 0 aliphatic rings. The molecule has 1 atom stereocenters. The second kappa shape index (κ2) is 7.04. The molecule has 2 aromatic rings. The van der Waals surface area contributed by atoms with Gasteiger partial charge in [0.05, 0.1) is 5.92 Å². The summed E-state index contributed by atoms with van der Waals surface area (Å²) < 4.78 is 0. The Labute approximate surface area is 126 Å². The molecule has 3 nitrogen and oxygen atoms in total. The first kappa shape index (κ1) is 15.3. The molecule has 0 heterocycles. The second-order valence-corrected chi connectivity index (χ2v) is 5.43. The molecule has 2 rings (SSSR count). The molecule has 0 saturated heterocycles. The lowest BCUT2D eigenvalue weighted by Gasteiger charge is -2.19. The largest absolute Gasteiger partial charge is 0.349 e. The monoisotopic (exact) mass is 282 g/mol. The van der Waals surface area contributed by atoms with Crippen molar-refractivity contribution in [1.82, 2.24) is 4.90 Å². The summed E-state index contributed by atoms with van der Waals surface area (Å²) >= 11 is 0. The maximum Gasteiger partial charge on any atom is 0.226 e. The molecule has 1 unspecified atom stereocenters. The van der Waals surface area contributed by atoms with E-state index in [0.29, 0.717) is 13.0 Å². The van der Waals surface area contributed by atoms with Gasteiger partial charge in [0, 0.05) is 20.6 Å². The number of rotatable bonds is 5. The van der Waals surface area contributed by atoms with Crippen molar-refractivity contribution in [3.8, 4) is 11.1 Å². The van der Waals surface area contributed by atoms with Crippen molar-refractivity contribution in [2.75, 3.05) is 20.6 Å². The molecule has 3 heteroatoms. The average Bonchev–Trinajstić information content (AvgIpc) is 2.53. The number of nitrogens with zero attached hydrogens (tertiary/aromatic N) is 1. The van der Waals surface area contributed by atoms with E-state index in [9.17, 15) is 4.79 Å². The van der Waals surface area contributed by atoms with Crippen molar-refractivity contribution >= 4 is 5.91 Å². The lowest BCUT2D eigenvalue weighted by Crippen LogP contribution is -2.35. The van der Waals surface area contributed by atoms with E-state index < -0.39 is 0 Å². The van der Waals surface area contributed by atoms with Crippen molar-refractivity contribution in [1.29, 1.82) is 0 Å². The Morgan fingerprint density at radius 1 is 1.00 bits per heavy atom. The Hall–Kier alpha value is -2.13. The summed E-state index contributed by atoms with van der Waals surface area (Å²) in [5.41, 5.74) is 9.25. The fourth-order valence-electron chi connectivity index (χ4n) is 2.39. The minimum Gasteiger partial charge on any atom is -0.349 e. The van der Waals surface area contributed by atoms with Crippen LogP contribution < -0.4 is 5.73 Å². The van der Waals surface area contributed by atoms with Crippen LogP contribution in [-0.4, -0.2) is 31.4 Å². The van der Waals surface area contributed by atoms with Crippen molar-refractivity contribution in [2.24, 2.45) is 11.7 Å². The third-order valence-electron chi connectivity index (χ3n) is 3.62. The average molecular weight is 282 g/mol. The number of nitrogens with two attached hydrogens (primary N) is 1. The van der Waals surface area contributed by atoms with Crippen molar-refractivity contribution in [3.63, 3.8) is 0 Å². The van der Waals surface area contributed by atoms with Crippen LogP contribution in [0.2, 0.25) is 0 Å². The van der Waals surface area contributed by atoms with Crippen LogP contribution in [0.1, 0.15) is 5.56 Å². The van der Waals surface area contributed by atoms with Crippen molar-refractivity contribution < 1.29 is 4.79 Å². The van der Waals surface area contributed by atoms with Gasteiger partial charge in [0.15, 0.2) is 0 Å². The lowest BCUT2D eigenvalue weighted by molar-refractivity contribution is -0.132. The van der Waals surface area contributed by atoms with Gasteiger partial charge in [-0.25, -0.2) is 0 Å². The Kier molecular flexibility index (Phi) is 5.12. The van der Waals surface area contributed by atoms with Crippen LogP contribution >= 0.6 is 0 Å². The van der Waals surface area contributed by atoms with Gasteiger partial charge in [-0.15, -0.1) is 0 Å². The Morgan fingerprint density at radius 2 is 1.57 bits per heavy atom. The molecular weight excluding hydrogens is 260 g/mol. The van der Waals surface area contributed by atoms with Gasteiger partial charge >= 0.3 is 0 Å². The number of carbonyl (C=O) groups excluding carboxylic acids is 1. The van der Waals surface area contributed by atoms with Gasteiger partial charge in [-0.1, -0.05) is 54.6 Å². The Balaban J connectivity index is 2.10. The van der Waals surface area contributed by atoms with Gasteiger partial charge < -0.3 is 10.6 Å². The smallest absolute Gasteiger partial charge is 0.226 e. The maximum atomic E-state index is 12.0. The molecule has 2 aromatic carbocycles. The molecule has 0 bridgehead atoms. The van der Waals surface area contributed by atoms with E-state index in [1.165, 1.54) is 11.1 Å². The molecule has 0 aromatic heterocycles. The van der Waals surface area contributed by atoms with Gasteiger partial charge in [0.1, 0.15) is 0 Å². The van der Waals surface area contributed by atoms with Gasteiger partial charge in [-0.2, -0.15) is 0 Å². The predicted octanol–water partition coefficient (Wildman–Crippen LogP) is 2.56. The second-order valence-electron chi connectivity index (χ2n) is 5.43. The number of benzene rings is 2. The standard InChI is InChI=1S/C18H22N2O/c1-20(2)18(21)17(13-19)12-14-8-10-16(11-9-14)15-6-4-3-5-7-15/h3-11,17H,12-13,19H2,1-2H3. The van der Waals surface area contributed by atoms with Crippen molar-refractivity contribution in [2.45, 2.75) is 6.42 Å². The summed E-state index contributed by atoms with van der Waals surface area (Å²) in [4.78, 5) is 13.6. The van der Waals surface area contributed by atoms with Crippen LogP contribution in [0.25, 0.3) is 11.1 Å². The minimum atomic E-state index is -0.150. The molecule has 0 saturated carbocycles. The van der Waals surface area contributed by atoms with E-state index >= 15 is 0 Å². The van der Waals surface area contributed by atoms with Gasteiger partial charge in [0.25, 0.3) is 0 Å². The summed E-state index contributed by atoms with van der Waals surface area (Å²) in [6, 6.07) is 18.6. The maximum absolute atomic E-state index is 12.0. The van der Waals surface area contributed by atoms with Gasteiger partial charge in [0.2, 0.25) is 5.91 Å². The molecule has 2 N–H and O–H groups in total. The normalized spacial score (nSPS) is 12.0. The number of hydrogen-bond donors (Lipinski definition) is 1. The Bertz CT molecular complexity index is 576. The molecule has 0 spiro atoms. The van der Waals surface area contributed by atoms with E-state index in [4.69, 9.17) is 5.73 Å². The topological polar surface area (TPSA) is 46.3 Å². The third-order valence-corrected chi connectivity index (χ3v) is 3.62. The highest BCUT2D eigenvalue weighted by Gasteiger charge is 2.18. The summed E-state index contributed by atoms with van der Waals surface area (Å²) in [5.74, 6) is -0.0628. The highest BCUT2D eigenvalue weighted by atomic mass is 16.2. The summed E-state index contributed by atoms with van der Waals surface area (Å²) in [6.45, 7) is 0.372. The quantitative estimate of drug-likeness (QED) is 0.916. The first-order valence-corrected chi connectivity index (χ1v) is 7.17. The van der Waals surface area contributed by atoms with Gasteiger partial charge in [-0.05, 0) is 23.1 Å². The zero-order valence-electron chi connectivity index (χ0n) is 12.6. The minimum absolute atomic E-state index is 0.0876. The van der Waals surface area contributed by atoms with Crippen molar-refractivity contribution in [3.05, 3.63) is 60.2 Å². The summed E-state index contributed by atoms with van der Waals surface area (Å²) in [5, 5.41) is 0. The van der Waals surface area contributed by atoms with Crippen LogP contribution in [0.3, 0.4) is 0 Å². The zero-order chi connectivity index (χ0) is 15.2. The molecule has 0 fully saturated rings. The molecule has 0 aliphatic heterocycles. The first-order valence-electron chi connectivity index (χ1n) is 7.17. The molecule has 110 valence electrons. The van der Waals surface area contributed by atoms with E-state index in [0.717, 1.165) is 5.56 Å². The number of amides is 1. The number of hydrogen-bond acceptors (Lipinski definition) is 2. The van der Waals surface area contributed by atoms with Crippen LogP contribution in [0.5, 0.6) is 0 Å². The Morgan fingerprint density at radius 3 is 2.10 bits per heavy atom. The van der Waals surface area contributed by atoms with E-state index in [1.807, 2.05) is 18.2 Å². The van der Waals surface area contributed by atoms with Crippen LogP contribution in [-0.2, 0) is 11.2 Å². The molecular formula is C18H22N2O. The first-order chi connectivity index (χ1) is 10.1. The summed E-state index contributed by atoms with van der Waals surface area (Å²) in [6.07, 6.45) is 0.683. The van der Waals surface area contributed by atoms with E-state index in [1.54, 1.807) is 19.0 Å². The molecule has 1 amide bonds. The van der Waals surface area contributed by atoms with Gasteiger partial charge in [-0.3, -0.25) is 4.79 Å². The fourth-order valence-corrected chi connectivity index (χ4v) is 2.39. The lowest BCUT2D eigenvalue weighted by atomic mass is 9.96. The fraction of sp³-hybridized carbons (Fsp3) is 0.278. The predicted molar refractivity (Wildman–Crippen MR) is 86.8 cm³/mol. The zero-order valence-corrected chi connectivity index (χ0v) is 12.6. The van der Waals surface area contributed by atoms with E-state index in [-0.39, 0.29) is 11.8 Å².